The first-order valence-electron chi connectivity index (χ1n) is 8.23. The van der Waals surface area contributed by atoms with Crippen molar-refractivity contribution in [3.8, 4) is 5.75 Å². The predicted molar refractivity (Wildman–Crippen MR) is 101 cm³/mol. The number of methoxy groups -OCH3 is 1. The van der Waals surface area contributed by atoms with E-state index < -0.39 is 0 Å². The molecule has 2 rings (SSSR count). The maximum absolute atomic E-state index is 6.26. The molecule has 0 saturated heterocycles. The van der Waals surface area contributed by atoms with Crippen LogP contribution in [-0.2, 0) is 12.8 Å². The molecule has 2 N–H and O–H groups in total. The third-order valence-electron chi connectivity index (χ3n) is 4.02. The van der Waals surface area contributed by atoms with Crippen molar-refractivity contribution in [3.05, 3.63) is 45.8 Å². The third-order valence-corrected chi connectivity index (χ3v) is 4.37. The van der Waals surface area contributed by atoms with Gasteiger partial charge in [-0.3, -0.25) is 4.99 Å². The van der Waals surface area contributed by atoms with Crippen molar-refractivity contribution in [1.29, 1.82) is 0 Å². The number of rotatable bonds is 7. The number of hydrogen-bond donors (Lipinski definition) is 2. The molecule has 0 bridgehead atoms. The summed E-state index contributed by atoms with van der Waals surface area (Å²) in [7, 11) is 3.39. The van der Waals surface area contributed by atoms with Crippen molar-refractivity contribution in [2.24, 2.45) is 4.99 Å². The number of aliphatic imine (C=N–C) groups is 1. The van der Waals surface area contributed by atoms with Gasteiger partial charge in [-0.15, -0.1) is 0 Å². The number of ether oxygens (including phenoxy) is 1. The van der Waals surface area contributed by atoms with E-state index in [0.29, 0.717) is 5.02 Å². The van der Waals surface area contributed by atoms with E-state index in [1.807, 2.05) is 32.0 Å². The van der Waals surface area contributed by atoms with Crippen LogP contribution in [0.15, 0.2) is 27.7 Å². The Morgan fingerprint density at radius 2 is 1.96 bits per heavy atom. The highest BCUT2D eigenvalue weighted by Crippen LogP contribution is 2.22. The number of aryl methyl sites for hydroxylation is 2. The van der Waals surface area contributed by atoms with Gasteiger partial charge >= 0.3 is 0 Å². The number of hydrogen-bond acceptors (Lipinski definition) is 4. The maximum atomic E-state index is 6.26. The van der Waals surface area contributed by atoms with Crippen LogP contribution in [-0.4, -0.2) is 38.4 Å². The summed E-state index contributed by atoms with van der Waals surface area (Å²) in [6, 6.07) is 5.72. The average Bonchev–Trinajstić information content (AvgIpc) is 2.93. The number of aromatic nitrogens is 1. The Morgan fingerprint density at radius 1 is 1.24 bits per heavy atom. The molecule has 6 nitrogen and oxygen atoms in total. The topological polar surface area (TPSA) is 71.7 Å². The molecule has 2 aromatic rings. The smallest absolute Gasteiger partial charge is 0.190 e. The summed E-state index contributed by atoms with van der Waals surface area (Å²) in [6.07, 6.45) is 1.64. The number of nitrogens with zero attached hydrogens (tertiary/aromatic N) is 2. The first kappa shape index (κ1) is 19.1. The third kappa shape index (κ3) is 5.39. The SMILES string of the molecule is CN=C(NCCc1ccc(OC)cc1Cl)NCCc1c(C)noc1C. The second-order valence-electron chi connectivity index (χ2n) is 5.69. The van der Waals surface area contributed by atoms with E-state index in [4.69, 9.17) is 20.9 Å². The lowest BCUT2D eigenvalue weighted by molar-refractivity contribution is 0.392. The Hall–Kier alpha value is -2.21. The van der Waals surface area contributed by atoms with Crippen molar-refractivity contribution >= 4 is 17.6 Å². The zero-order chi connectivity index (χ0) is 18.2. The van der Waals surface area contributed by atoms with Gasteiger partial charge in [-0.05, 0) is 44.4 Å². The molecule has 0 aliphatic rings. The zero-order valence-corrected chi connectivity index (χ0v) is 15.9. The van der Waals surface area contributed by atoms with Gasteiger partial charge in [-0.2, -0.15) is 0 Å². The summed E-state index contributed by atoms with van der Waals surface area (Å²) in [6.45, 7) is 5.38. The van der Waals surface area contributed by atoms with Crippen molar-refractivity contribution in [3.63, 3.8) is 0 Å². The molecule has 0 saturated carbocycles. The average molecular weight is 365 g/mol. The fraction of sp³-hybridized carbons (Fsp3) is 0.444. The summed E-state index contributed by atoms with van der Waals surface area (Å²) >= 11 is 6.26. The van der Waals surface area contributed by atoms with Crippen LogP contribution in [0.1, 0.15) is 22.6 Å². The van der Waals surface area contributed by atoms with Crippen LogP contribution < -0.4 is 15.4 Å². The van der Waals surface area contributed by atoms with Gasteiger partial charge in [0.25, 0.3) is 0 Å². The molecular formula is C18H25ClN4O2. The molecule has 0 atom stereocenters. The summed E-state index contributed by atoms with van der Waals surface area (Å²) < 4.78 is 10.3. The predicted octanol–water partition coefficient (Wildman–Crippen LogP) is 2.90. The van der Waals surface area contributed by atoms with E-state index in [2.05, 4.69) is 20.8 Å². The first-order valence-corrected chi connectivity index (χ1v) is 8.61. The molecule has 1 aromatic heterocycles. The van der Waals surface area contributed by atoms with Crippen LogP contribution >= 0.6 is 11.6 Å². The molecule has 0 aliphatic carbocycles. The van der Waals surface area contributed by atoms with Crippen molar-refractivity contribution < 1.29 is 9.26 Å². The van der Waals surface area contributed by atoms with Gasteiger partial charge in [0, 0.05) is 30.7 Å². The highest BCUT2D eigenvalue weighted by atomic mass is 35.5. The Labute approximate surface area is 153 Å². The number of benzene rings is 1. The van der Waals surface area contributed by atoms with Gasteiger partial charge in [-0.25, -0.2) is 0 Å². The van der Waals surface area contributed by atoms with E-state index in [-0.39, 0.29) is 0 Å². The molecule has 25 heavy (non-hydrogen) atoms. The molecule has 0 unspecified atom stereocenters. The second-order valence-corrected chi connectivity index (χ2v) is 6.09. The summed E-state index contributed by atoms with van der Waals surface area (Å²) in [4.78, 5) is 4.24. The minimum atomic E-state index is 0.711. The number of nitrogens with one attached hydrogen (secondary N) is 2. The highest BCUT2D eigenvalue weighted by Gasteiger charge is 2.09. The first-order chi connectivity index (χ1) is 12.0. The Balaban J connectivity index is 1.77. The fourth-order valence-electron chi connectivity index (χ4n) is 2.56. The van der Waals surface area contributed by atoms with Gasteiger partial charge in [0.05, 0.1) is 12.8 Å². The van der Waals surface area contributed by atoms with Gasteiger partial charge in [0.1, 0.15) is 11.5 Å². The van der Waals surface area contributed by atoms with Gasteiger partial charge < -0.3 is 19.9 Å². The molecular weight excluding hydrogens is 340 g/mol. The van der Waals surface area contributed by atoms with Crippen LogP contribution in [0.4, 0.5) is 0 Å². The van der Waals surface area contributed by atoms with Crippen molar-refractivity contribution in [2.75, 3.05) is 27.2 Å². The van der Waals surface area contributed by atoms with Gasteiger partial charge in [-0.1, -0.05) is 22.8 Å². The van der Waals surface area contributed by atoms with Crippen molar-refractivity contribution in [2.45, 2.75) is 26.7 Å². The zero-order valence-electron chi connectivity index (χ0n) is 15.1. The molecule has 136 valence electrons. The molecule has 1 aromatic carbocycles. The van der Waals surface area contributed by atoms with E-state index in [1.54, 1.807) is 14.2 Å². The lowest BCUT2D eigenvalue weighted by Gasteiger charge is -2.12. The molecule has 1 heterocycles. The van der Waals surface area contributed by atoms with E-state index in [9.17, 15) is 0 Å². The van der Waals surface area contributed by atoms with Gasteiger partial charge in [0.15, 0.2) is 5.96 Å². The Kier molecular flexibility index (Phi) is 7.13. The summed E-state index contributed by atoms with van der Waals surface area (Å²) in [5, 5.41) is 11.3. The van der Waals surface area contributed by atoms with Crippen LogP contribution in [0.2, 0.25) is 5.02 Å². The largest absolute Gasteiger partial charge is 0.497 e. The number of guanidine groups is 1. The lowest BCUT2D eigenvalue weighted by Crippen LogP contribution is -2.39. The van der Waals surface area contributed by atoms with Crippen LogP contribution in [0.3, 0.4) is 0 Å². The quantitative estimate of drug-likeness (QED) is 0.584. The van der Waals surface area contributed by atoms with E-state index in [1.165, 1.54) is 0 Å². The highest BCUT2D eigenvalue weighted by molar-refractivity contribution is 6.31. The number of halogens is 1. The summed E-state index contributed by atoms with van der Waals surface area (Å²) in [5.41, 5.74) is 3.16. The molecule has 7 heteroatoms. The molecule has 0 aliphatic heterocycles. The molecule has 0 spiro atoms. The second kappa shape index (κ2) is 9.32. The fourth-order valence-corrected chi connectivity index (χ4v) is 2.82. The van der Waals surface area contributed by atoms with E-state index in [0.717, 1.165) is 60.2 Å². The lowest BCUT2D eigenvalue weighted by atomic mass is 10.1. The Morgan fingerprint density at radius 3 is 2.52 bits per heavy atom. The minimum absolute atomic E-state index is 0.711. The maximum Gasteiger partial charge on any atom is 0.190 e. The molecule has 0 fully saturated rings. The standard InChI is InChI=1S/C18H25ClN4O2/c1-12-16(13(2)25-23-12)8-10-22-18(20-3)21-9-7-14-5-6-15(24-4)11-17(14)19/h5-6,11H,7-10H2,1-4H3,(H2,20,21,22). The van der Waals surface area contributed by atoms with Crippen LogP contribution in [0.25, 0.3) is 0 Å². The monoisotopic (exact) mass is 364 g/mol. The van der Waals surface area contributed by atoms with Gasteiger partial charge in [0.2, 0.25) is 0 Å². The van der Waals surface area contributed by atoms with Crippen LogP contribution in [0.5, 0.6) is 5.75 Å². The summed E-state index contributed by atoms with van der Waals surface area (Å²) in [5.74, 6) is 2.39. The van der Waals surface area contributed by atoms with E-state index >= 15 is 0 Å². The minimum Gasteiger partial charge on any atom is -0.497 e. The molecule has 0 amide bonds. The van der Waals surface area contributed by atoms with Crippen molar-refractivity contribution in [1.82, 2.24) is 15.8 Å². The normalized spacial score (nSPS) is 11.5. The molecule has 0 radical (unpaired) electrons. The van der Waals surface area contributed by atoms with Crippen LogP contribution in [0, 0.1) is 13.8 Å². The Bertz CT molecular complexity index is 708.